The van der Waals surface area contributed by atoms with Gasteiger partial charge in [0.15, 0.2) is 11.8 Å². The molecule has 2 heterocycles. The number of hydrogen-bond donors (Lipinski definition) is 2. The lowest BCUT2D eigenvalue weighted by Crippen LogP contribution is -2.44. The maximum Gasteiger partial charge on any atom is 0.191 e. The van der Waals surface area contributed by atoms with Gasteiger partial charge in [-0.25, -0.2) is 4.99 Å². The summed E-state index contributed by atoms with van der Waals surface area (Å²) in [6.07, 6.45) is 8.47. The van der Waals surface area contributed by atoms with Gasteiger partial charge >= 0.3 is 0 Å². The summed E-state index contributed by atoms with van der Waals surface area (Å²) in [4.78, 5) is 4.76. The Morgan fingerprint density at radius 2 is 2.07 bits per heavy atom. The van der Waals surface area contributed by atoms with Crippen LogP contribution >= 0.6 is 24.0 Å². The van der Waals surface area contributed by atoms with Gasteiger partial charge in [0.05, 0.1) is 13.2 Å². The highest BCUT2D eigenvalue weighted by Gasteiger charge is 2.16. The van der Waals surface area contributed by atoms with Gasteiger partial charge in [0.2, 0.25) is 0 Å². The second kappa shape index (κ2) is 13.4. The number of aryl methyl sites for hydroxylation is 1. The largest absolute Gasteiger partial charge is 0.381 e. The number of nitrogens with zero attached hydrogens (tertiary/aromatic N) is 4. The highest BCUT2D eigenvalue weighted by molar-refractivity contribution is 14.0. The van der Waals surface area contributed by atoms with Gasteiger partial charge in [-0.3, -0.25) is 0 Å². The van der Waals surface area contributed by atoms with Crippen LogP contribution in [-0.4, -0.2) is 59.7 Å². The predicted molar refractivity (Wildman–Crippen MR) is 125 cm³/mol. The Labute approximate surface area is 191 Å². The molecule has 1 aromatic rings. The molecule has 1 aromatic heterocycles. The van der Waals surface area contributed by atoms with Crippen LogP contribution in [0.3, 0.4) is 0 Å². The van der Waals surface area contributed by atoms with Gasteiger partial charge in [-0.15, -0.1) is 34.2 Å². The van der Waals surface area contributed by atoms with E-state index in [1.54, 1.807) is 0 Å². The number of ether oxygens (including phenoxy) is 2. The average Bonchev–Trinajstić information content (AvgIpc) is 3.34. The van der Waals surface area contributed by atoms with Crippen LogP contribution in [0.1, 0.15) is 56.6 Å². The molecule has 2 N–H and O–H groups in total. The fourth-order valence-electron chi connectivity index (χ4n) is 3.68. The van der Waals surface area contributed by atoms with Crippen LogP contribution in [0.2, 0.25) is 0 Å². The van der Waals surface area contributed by atoms with E-state index < -0.39 is 0 Å². The van der Waals surface area contributed by atoms with Gasteiger partial charge in [-0.2, -0.15) is 0 Å². The van der Waals surface area contributed by atoms with Crippen molar-refractivity contribution in [2.24, 2.45) is 18.0 Å². The smallest absolute Gasteiger partial charge is 0.191 e. The molecule has 1 saturated carbocycles. The van der Waals surface area contributed by atoms with Crippen LogP contribution in [-0.2, 0) is 23.1 Å². The minimum absolute atomic E-state index is 0. The standard InChI is InChI=1S/C20H36N6O2.HI/c1-16-24-25-19(26(16)2)13-22-20(23-18-7-4-3-5-8-18)21-10-6-11-27-14-17-9-12-28-15-17;/h17-18H,3-15H2,1-2H3,(H2,21,22,23);1H. The highest BCUT2D eigenvalue weighted by Crippen LogP contribution is 2.17. The summed E-state index contributed by atoms with van der Waals surface area (Å²) < 4.78 is 13.2. The molecule has 1 atom stereocenters. The van der Waals surface area contributed by atoms with Crippen molar-refractivity contribution in [2.75, 3.05) is 33.0 Å². The molecule has 0 bridgehead atoms. The molecule has 1 aliphatic heterocycles. The number of aromatic nitrogens is 3. The fourth-order valence-corrected chi connectivity index (χ4v) is 3.68. The molecule has 0 radical (unpaired) electrons. The molecule has 0 aromatic carbocycles. The lowest BCUT2D eigenvalue weighted by atomic mass is 9.96. The Balaban J connectivity index is 0.00000300. The van der Waals surface area contributed by atoms with E-state index in [0.29, 0.717) is 18.5 Å². The Bertz CT molecular complexity index is 612. The topological polar surface area (TPSA) is 85.6 Å². The lowest BCUT2D eigenvalue weighted by molar-refractivity contribution is 0.0888. The van der Waals surface area contributed by atoms with Gasteiger partial charge in [0.25, 0.3) is 0 Å². The SMILES string of the molecule is Cc1nnc(CN=C(NCCCOCC2CCOC2)NC2CCCCC2)n1C.I. The molecular formula is C20H37IN6O2. The zero-order valence-electron chi connectivity index (χ0n) is 17.9. The van der Waals surface area contributed by atoms with E-state index >= 15 is 0 Å². The van der Waals surface area contributed by atoms with Gasteiger partial charge < -0.3 is 24.7 Å². The van der Waals surface area contributed by atoms with Crippen molar-refractivity contribution in [1.82, 2.24) is 25.4 Å². The van der Waals surface area contributed by atoms with Gasteiger partial charge in [0, 0.05) is 38.8 Å². The van der Waals surface area contributed by atoms with Crippen molar-refractivity contribution >= 4 is 29.9 Å². The Morgan fingerprint density at radius 1 is 1.24 bits per heavy atom. The van der Waals surface area contributed by atoms with Crippen LogP contribution < -0.4 is 10.6 Å². The molecule has 8 nitrogen and oxygen atoms in total. The van der Waals surface area contributed by atoms with Crippen LogP contribution in [0.15, 0.2) is 4.99 Å². The minimum atomic E-state index is 0. The molecule has 29 heavy (non-hydrogen) atoms. The van der Waals surface area contributed by atoms with E-state index in [0.717, 1.165) is 63.4 Å². The lowest BCUT2D eigenvalue weighted by Gasteiger charge is -2.25. The third-order valence-electron chi connectivity index (χ3n) is 5.64. The molecule has 0 spiro atoms. The second-order valence-electron chi connectivity index (χ2n) is 7.95. The Morgan fingerprint density at radius 3 is 2.76 bits per heavy atom. The summed E-state index contributed by atoms with van der Waals surface area (Å²) in [5.41, 5.74) is 0. The number of hydrogen-bond acceptors (Lipinski definition) is 5. The zero-order chi connectivity index (χ0) is 19.6. The van der Waals surface area contributed by atoms with E-state index in [2.05, 4.69) is 20.8 Å². The summed E-state index contributed by atoms with van der Waals surface area (Å²) >= 11 is 0. The first-order chi connectivity index (χ1) is 13.7. The Kier molecular flexibility index (Phi) is 11.2. The van der Waals surface area contributed by atoms with Crippen molar-refractivity contribution in [1.29, 1.82) is 0 Å². The molecule has 3 rings (SSSR count). The maximum atomic E-state index is 5.80. The Hall–Kier alpha value is -0.940. The van der Waals surface area contributed by atoms with Crippen LogP contribution in [0, 0.1) is 12.8 Å². The first-order valence-corrected chi connectivity index (χ1v) is 10.8. The quantitative estimate of drug-likeness (QED) is 0.225. The van der Waals surface area contributed by atoms with E-state index in [9.17, 15) is 0 Å². The summed E-state index contributed by atoms with van der Waals surface area (Å²) in [6, 6.07) is 0.514. The van der Waals surface area contributed by atoms with Gasteiger partial charge in [0.1, 0.15) is 12.4 Å². The zero-order valence-corrected chi connectivity index (χ0v) is 20.2. The number of halogens is 1. The van der Waals surface area contributed by atoms with Crippen molar-refractivity contribution in [2.45, 2.75) is 64.5 Å². The van der Waals surface area contributed by atoms with Gasteiger partial charge in [-0.1, -0.05) is 19.3 Å². The first kappa shape index (κ1) is 24.3. The van der Waals surface area contributed by atoms with E-state index in [1.165, 1.54) is 32.1 Å². The van der Waals surface area contributed by atoms with Crippen molar-refractivity contribution in [3.63, 3.8) is 0 Å². The molecule has 166 valence electrons. The molecule has 2 aliphatic rings. The monoisotopic (exact) mass is 520 g/mol. The van der Waals surface area contributed by atoms with Crippen molar-refractivity contribution in [3.8, 4) is 0 Å². The second-order valence-corrected chi connectivity index (χ2v) is 7.95. The molecule has 1 aliphatic carbocycles. The van der Waals surface area contributed by atoms with Crippen LogP contribution in [0.4, 0.5) is 0 Å². The number of nitrogens with one attached hydrogen (secondary N) is 2. The van der Waals surface area contributed by atoms with Crippen LogP contribution in [0.5, 0.6) is 0 Å². The number of rotatable bonds is 9. The molecule has 9 heteroatoms. The molecular weight excluding hydrogens is 483 g/mol. The predicted octanol–water partition coefficient (Wildman–Crippen LogP) is 2.55. The summed E-state index contributed by atoms with van der Waals surface area (Å²) in [7, 11) is 1.98. The van der Waals surface area contributed by atoms with Crippen LogP contribution in [0.25, 0.3) is 0 Å². The number of aliphatic imine (C=N–C) groups is 1. The third-order valence-corrected chi connectivity index (χ3v) is 5.64. The molecule has 0 amide bonds. The summed E-state index contributed by atoms with van der Waals surface area (Å²) in [6.45, 7) is 6.64. The third kappa shape index (κ3) is 8.37. The average molecular weight is 520 g/mol. The molecule has 1 saturated heterocycles. The van der Waals surface area contributed by atoms with Crippen molar-refractivity contribution in [3.05, 3.63) is 11.6 Å². The van der Waals surface area contributed by atoms with Gasteiger partial charge in [-0.05, 0) is 32.6 Å². The highest BCUT2D eigenvalue weighted by atomic mass is 127. The van der Waals surface area contributed by atoms with E-state index in [1.807, 2.05) is 18.5 Å². The fraction of sp³-hybridized carbons (Fsp3) is 0.850. The molecule has 1 unspecified atom stereocenters. The summed E-state index contributed by atoms with van der Waals surface area (Å²) in [5, 5.41) is 15.4. The minimum Gasteiger partial charge on any atom is -0.381 e. The van der Waals surface area contributed by atoms with E-state index in [-0.39, 0.29) is 24.0 Å². The summed E-state index contributed by atoms with van der Waals surface area (Å²) in [5.74, 6) is 3.23. The molecule has 2 fully saturated rings. The number of guanidine groups is 1. The van der Waals surface area contributed by atoms with Crippen molar-refractivity contribution < 1.29 is 9.47 Å². The first-order valence-electron chi connectivity index (χ1n) is 10.8. The normalized spacial score (nSPS) is 20.5. The maximum absolute atomic E-state index is 5.80. The van der Waals surface area contributed by atoms with E-state index in [4.69, 9.17) is 14.5 Å².